The van der Waals surface area contributed by atoms with Crippen LogP contribution in [0.4, 0.5) is 0 Å². The molecular weight excluding hydrogens is 192 g/mol. The fourth-order valence-electron chi connectivity index (χ4n) is 1.63. The Morgan fingerprint density at radius 1 is 0.786 bits per heavy atom. The van der Waals surface area contributed by atoms with Crippen molar-refractivity contribution in [1.82, 2.24) is 0 Å². The molecule has 0 amide bonds. The van der Waals surface area contributed by atoms with Gasteiger partial charge in [0.15, 0.2) is 0 Å². The summed E-state index contributed by atoms with van der Waals surface area (Å²) < 4.78 is 11.4. The maximum absolute atomic E-state index is 11.4. The Kier molecular flexibility index (Phi) is 8.55. The van der Waals surface area contributed by atoms with Gasteiger partial charge in [0, 0.05) is 5.75 Å². The van der Waals surface area contributed by atoms with Gasteiger partial charge in [0.25, 0.3) is 0 Å². The molecule has 0 radical (unpaired) electrons. The average molecular weight is 220 g/mol. The van der Waals surface area contributed by atoms with E-state index in [0.717, 1.165) is 12.2 Å². The highest BCUT2D eigenvalue weighted by Gasteiger charge is 1.99. The van der Waals surface area contributed by atoms with E-state index in [0.29, 0.717) is 0 Å². The van der Waals surface area contributed by atoms with Gasteiger partial charge in [-0.2, -0.15) is 0 Å². The first-order valence-corrected chi connectivity index (χ1v) is 8.89. The van der Waals surface area contributed by atoms with Crippen molar-refractivity contribution in [2.24, 2.45) is 0 Å². The van der Waals surface area contributed by atoms with Crippen molar-refractivity contribution < 1.29 is 4.21 Å². The Hall–Kier alpha value is 0.150. The van der Waals surface area contributed by atoms with Gasteiger partial charge in [-0.1, -0.05) is 51.9 Å². The summed E-state index contributed by atoms with van der Waals surface area (Å²) >= 11 is 0. The fourth-order valence-corrected chi connectivity index (χ4v) is 2.61. The third-order valence-corrected chi connectivity index (χ3v) is 3.94. The normalized spacial score (nSPS) is 13.1. The van der Waals surface area contributed by atoms with Gasteiger partial charge in [0.2, 0.25) is 0 Å². The van der Waals surface area contributed by atoms with Crippen LogP contribution in [0.2, 0.25) is 0 Å². The van der Waals surface area contributed by atoms with Gasteiger partial charge in [-0.05, 0) is 18.9 Å². The minimum atomic E-state index is -1.73. The number of thiol groups is 1. The molecular formula is C12H28OS. The van der Waals surface area contributed by atoms with Gasteiger partial charge in [0.05, 0.1) is 0 Å². The van der Waals surface area contributed by atoms with Crippen molar-refractivity contribution >= 4 is 9.93 Å². The van der Waals surface area contributed by atoms with E-state index in [2.05, 4.69) is 6.92 Å². The highest BCUT2D eigenvalue weighted by molar-refractivity contribution is 8.01. The summed E-state index contributed by atoms with van der Waals surface area (Å²) in [6.07, 6.45) is 14.5. The van der Waals surface area contributed by atoms with Crippen molar-refractivity contribution in [1.29, 1.82) is 0 Å². The molecule has 0 saturated carbocycles. The molecule has 0 aromatic carbocycles. The van der Waals surface area contributed by atoms with Crippen LogP contribution in [0.25, 0.3) is 0 Å². The molecule has 0 spiro atoms. The van der Waals surface area contributed by atoms with E-state index in [-0.39, 0.29) is 0 Å². The van der Waals surface area contributed by atoms with Crippen molar-refractivity contribution in [2.45, 2.75) is 58.3 Å². The second-order valence-electron chi connectivity index (χ2n) is 4.77. The molecule has 0 aromatic rings. The van der Waals surface area contributed by atoms with Crippen LogP contribution in [-0.2, 0) is 9.93 Å². The first-order valence-electron chi connectivity index (χ1n) is 6.10. The van der Waals surface area contributed by atoms with E-state index in [1.54, 1.807) is 0 Å². The SMILES string of the molecule is CCCCCCCCCC[SH](C)(C)=O. The minimum absolute atomic E-state index is 0.946. The van der Waals surface area contributed by atoms with E-state index >= 15 is 0 Å². The summed E-state index contributed by atoms with van der Waals surface area (Å²) in [5.74, 6) is 0.946. The number of hydrogen-bond acceptors (Lipinski definition) is 1. The van der Waals surface area contributed by atoms with Crippen molar-refractivity contribution in [3.05, 3.63) is 0 Å². The van der Waals surface area contributed by atoms with Crippen LogP contribution in [-0.4, -0.2) is 22.5 Å². The molecule has 0 aliphatic carbocycles. The van der Waals surface area contributed by atoms with Gasteiger partial charge in [-0.15, -0.1) is 9.93 Å². The van der Waals surface area contributed by atoms with Crippen LogP contribution in [0, 0.1) is 0 Å². The number of unbranched alkanes of at least 4 members (excludes halogenated alkanes) is 7. The van der Waals surface area contributed by atoms with Crippen molar-refractivity contribution in [2.75, 3.05) is 18.3 Å². The van der Waals surface area contributed by atoms with Crippen LogP contribution in [0.1, 0.15) is 58.3 Å². The van der Waals surface area contributed by atoms with Gasteiger partial charge in [0.1, 0.15) is 0 Å². The predicted octanol–water partition coefficient (Wildman–Crippen LogP) is 3.40. The van der Waals surface area contributed by atoms with E-state index in [1.807, 2.05) is 12.5 Å². The predicted molar refractivity (Wildman–Crippen MR) is 68.9 cm³/mol. The zero-order chi connectivity index (χ0) is 10.9. The lowest BCUT2D eigenvalue weighted by atomic mass is 10.1. The maximum atomic E-state index is 11.4. The molecule has 88 valence electrons. The van der Waals surface area contributed by atoms with E-state index < -0.39 is 9.93 Å². The molecule has 0 N–H and O–H groups in total. The standard InChI is InChI=1S/C12H28OS/c1-4-5-6-7-8-9-10-11-12-14(2,3)13/h14H,4-12H2,1-3H3. The molecule has 0 heterocycles. The summed E-state index contributed by atoms with van der Waals surface area (Å²) in [4.78, 5) is 0. The molecule has 0 fully saturated rings. The first-order chi connectivity index (χ1) is 6.56. The van der Waals surface area contributed by atoms with Gasteiger partial charge in [-0.3, -0.25) is 4.21 Å². The molecule has 0 saturated heterocycles. The van der Waals surface area contributed by atoms with E-state index in [9.17, 15) is 4.21 Å². The summed E-state index contributed by atoms with van der Waals surface area (Å²) in [7, 11) is -1.73. The zero-order valence-corrected chi connectivity index (χ0v) is 11.1. The lowest BCUT2D eigenvalue weighted by molar-refractivity contribution is 0.584. The van der Waals surface area contributed by atoms with Crippen molar-refractivity contribution in [3.63, 3.8) is 0 Å². The molecule has 0 aromatic heterocycles. The largest absolute Gasteiger partial charge is 0.285 e. The molecule has 0 atom stereocenters. The molecule has 0 unspecified atom stereocenters. The molecule has 0 rings (SSSR count). The summed E-state index contributed by atoms with van der Waals surface area (Å²) in [6, 6.07) is 0. The molecule has 14 heavy (non-hydrogen) atoms. The van der Waals surface area contributed by atoms with Gasteiger partial charge < -0.3 is 0 Å². The van der Waals surface area contributed by atoms with Crippen LogP contribution >= 0.6 is 0 Å². The molecule has 0 aliphatic heterocycles. The van der Waals surface area contributed by atoms with E-state index in [4.69, 9.17) is 0 Å². The second kappa shape index (κ2) is 8.46. The molecule has 1 nitrogen and oxygen atoms in total. The molecule has 2 heteroatoms. The third-order valence-electron chi connectivity index (χ3n) is 2.55. The highest BCUT2D eigenvalue weighted by atomic mass is 32.2. The smallest absolute Gasteiger partial charge is 0.000767 e. The Morgan fingerprint density at radius 3 is 1.64 bits per heavy atom. The molecule has 0 aliphatic rings. The Morgan fingerprint density at radius 2 is 1.21 bits per heavy atom. The highest BCUT2D eigenvalue weighted by Crippen LogP contribution is 2.09. The quantitative estimate of drug-likeness (QED) is 0.465. The Balaban J connectivity index is 3.03. The van der Waals surface area contributed by atoms with Gasteiger partial charge in [-0.25, -0.2) is 0 Å². The molecule has 0 bridgehead atoms. The lowest BCUT2D eigenvalue weighted by Crippen LogP contribution is -2.11. The van der Waals surface area contributed by atoms with Crippen LogP contribution in [0.15, 0.2) is 0 Å². The average Bonchev–Trinajstić information content (AvgIpc) is 2.08. The Bertz CT molecular complexity index is 160. The third kappa shape index (κ3) is 12.2. The summed E-state index contributed by atoms with van der Waals surface area (Å²) in [5.41, 5.74) is 0. The lowest BCUT2D eigenvalue weighted by Gasteiger charge is -2.10. The van der Waals surface area contributed by atoms with E-state index in [1.165, 1.54) is 44.9 Å². The monoisotopic (exact) mass is 220 g/mol. The first kappa shape index (κ1) is 14.2. The number of hydrogen-bond donors (Lipinski definition) is 1. The van der Waals surface area contributed by atoms with Crippen LogP contribution in [0.5, 0.6) is 0 Å². The zero-order valence-electron chi connectivity index (χ0n) is 10.2. The summed E-state index contributed by atoms with van der Waals surface area (Å²) in [5, 5.41) is 0. The van der Waals surface area contributed by atoms with Gasteiger partial charge >= 0.3 is 0 Å². The topological polar surface area (TPSA) is 17.1 Å². The fraction of sp³-hybridized carbons (Fsp3) is 1.00. The van der Waals surface area contributed by atoms with Crippen molar-refractivity contribution in [3.8, 4) is 0 Å². The summed E-state index contributed by atoms with van der Waals surface area (Å²) in [6.45, 7) is 2.25. The van der Waals surface area contributed by atoms with Crippen LogP contribution < -0.4 is 0 Å². The van der Waals surface area contributed by atoms with Crippen LogP contribution in [0.3, 0.4) is 0 Å². The Labute approximate surface area is 91.1 Å². The number of rotatable bonds is 9. The maximum Gasteiger partial charge on any atom is 0.000767 e. The second-order valence-corrected chi connectivity index (χ2v) is 8.37. The minimum Gasteiger partial charge on any atom is -0.285 e.